The molecular weight excluding hydrogens is 314 g/mol. The Morgan fingerprint density at radius 3 is 2.48 bits per heavy atom. The number of halogens is 1. The van der Waals surface area contributed by atoms with E-state index in [-0.39, 0.29) is 17.7 Å². The number of rotatable bonds is 5. The lowest BCUT2D eigenvalue weighted by molar-refractivity contribution is -0.117. The van der Waals surface area contributed by atoms with Crippen LogP contribution in [0.1, 0.15) is 17.9 Å². The van der Waals surface area contributed by atoms with Crippen LogP contribution in [0.5, 0.6) is 11.5 Å². The molecule has 3 rings (SSSR count). The summed E-state index contributed by atoms with van der Waals surface area (Å²) in [6, 6.07) is 13.4. The van der Waals surface area contributed by atoms with Gasteiger partial charge in [0.15, 0.2) is 0 Å². The summed E-state index contributed by atoms with van der Waals surface area (Å²) in [6.07, 6.45) is 0.864. The van der Waals surface area contributed by atoms with Gasteiger partial charge < -0.3 is 14.8 Å². The van der Waals surface area contributed by atoms with Crippen molar-refractivity contribution in [2.75, 3.05) is 19.5 Å². The topological polar surface area (TPSA) is 47.6 Å². The molecule has 0 heterocycles. The summed E-state index contributed by atoms with van der Waals surface area (Å²) in [6.45, 7) is 0. The minimum atomic E-state index is -0.0125. The number of carbonyl (C=O) groups excluding carboxylic acids is 1. The summed E-state index contributed by atoms with van der Waals surface area (Å²) < 4.78 is 10.5. The Labute approximate surface area is 140 Å². The Morgan fingerprint density at radius 2 is 1.83 bits per heavy atom. The summed E-state index contributed by atoms with van der Waals surface area (Å²) >= 11 is 6.08. The highest BCUT2D eigenvalue weighted by atomic mass is 35.5. The highest BCUT2D eigenvalue weighted by molar-refractivity contribution is 6.32. The summed E-state index contributed by atoms with van der Waals surface area (Å²) in [5, 5.41) is 3.36. The molecule has 1 aliphatic carbocycles. The number of hydrogen-bond donors (Lipinski definition) is 1. The van der Waals surface area contributed by atoms with Crippen LogP contribution in [0.3, 0.4) is 0 Å². The molecule has 2 aromatic carbocycles. The van der Waals surface area contributed by atoms with Gasteiger partial charge in [0.05, 0.1) is 24.9 Å². The molecule has 1 amide bonds. The molecule has 0 unspecified atom stereocenters. The lowest BCUT2D eigenvalue weighted by atomic mass is 10.1. The van der Waals surface area contributed by atoms with Gasteiger partial charge in [-0.2, -0.15) is 0 Å². The zero-order valence-electron chi connectivity index (χ0n) is 13.0. The monoisotopic (exact) mass is 331 g/mol. The van der Waals surface area contributed by atoms with Gasteiger partial charge in [-0.25, -0.2) is 0 Å². The van der Waals surface area contributed by atoms with Gasteiger partial charge in [-0.3, -0.25) is 4.79 Å². The molecule has 2 aromatic rings. The van der Waals surface area contributed by atoms with Crippen LogP contribution in [0, 0.1) is 5.92 Å². The average molecular weight is 332 g/mol. The van der Waals surface area contributed by atoms with Gasteiger partial charge in [-0.1, -0.05) is 41.9 Å². The number of methoxy groups -OCH3 is 2. The number of anilines is 1. The number of carbonyl (C=O) groups is 1. The van der Waals surface area contributed by atoms with Crippen molar-refractivity contribution in [1.29, 1.82) is 0 Å². The maximum Gasteiger partial charge on any atom is 0.228 e. The molecule has 1 saturated carbocycles. The fourth-order valence-electron chi connectivity index (χ4n) is 2.74. The normalized spacial score (nSPS) is 19.1. The summed E-state index contributed by atoms with van der Waals surface area (Å²) in [4.78, 5) is 12.5. The van der Waals surface area contributed by atoms with Crippen molar-refractivity contribution in [3.05, 3.63) is 53.1 Å². The summed E-state index contributed by atoms with van der Waals surface area (Å²) in [7, 11) is 3.07. The molecule has 2 atom stereocenters. The number of nitrogens with one attached hydrogen (secondary N) is 1. The molecule has 0 bridgehead atoms. The summed E-state index contributed by atoms with van der Waals surface area (Å²) in [5.41, 5.74) is 1.77. The Balaban J connectivity index is 1.74. The predicted molar refractivity (Wildman–Crippen MR) is 90.5 cm³/mol. The fraction of sp³-hybridized carbons (Fsp3) is 0.278. The first-order valence-electron chi connectivity index (χ1n) is 7.41. The van der Waals surface area contributed by atoms with Gasteiger partial charge in [0.2, 0.25) is 5.91 Å². The van der Waals surface area contributed by atoms with Crippen LogP contribution in [-0.4, -0.2) is 20.1 Å². The Kier molecular flexibility index (Phi) is 4.44. The largest absolute Gasteiger partial charge is 0.495 e. The standard InChI is InChI=1S/C18H18ClNO3/c1-22-16-10-15(17(23-2)9-14(16)19)20-18(21)13-8-12(13)11-6-4-3-5-7-11/h3-7,9-10,12-13H,8H2,1-2H3,(H,20,21)/t12-,13-/m1/s1. The van der Waals surface area contributed by atoms with Crippen LogP contribution < -0.4 is 14.8 Å². The molecule has 120 valence electrons. The third-order valence-corrected chi connectivity index (χ3v) is 4.38. The van der Waals surface area contributed by atoms with E-state index < -0.39 is 0 Å². The summed E-state index contributed by atoms with van der Waals surface area (Å²) in [5.74, 6) is 1.28. The van der Waals surface area contributed by atoms with Crippen molar-refractivity contribution in [3.63, 3.8) is 0 Å². The number of benzene rings is 2. The third-order valence-electron chi connectivity index (χ3n) is 4.09. The van der Waals surface area contributed by atoms with Crippen LogP contribution in [0.2, 0.25) is 5.02 Å². The maximum absolute atomic E-state index is 12.5. The molecule has 0 radical (unpaired) electrons. The number of amides is 1. The number of ether oxygens (including phenoxy) is 2. The average Bonchev–Trinajstić information content (AvgIpc) is 3.37. The zero-order valence-corrected chi connectivity index (χ0v) is 13.8. The van der Waals surface area contributed by atoms with Crippen molar-refractivity contribution < 1.29 is 14.3 Å². The van der Waals surface area contributed by atoms with Crippen molar-refractivity contribution in [1.82, 2.24) is 0 Å². The van der Waals surface area contributed by atoms with Crippen LogP contribution in [0.25, 0.3) is 0 Å². The van der Waals surface area contributed by atoms with E-state index in [2.05, 4.69) is 17.4 Å². The van der Waals surface area contributed by atoms with Crippen molar-refractivity contribution >= 4 is 23.2 Å². The van der Waals surface area contributed by atoms with Crippen LogP contribution in [0.15, 0.2) is 42.5 Å². The maximum atomic E-state index is 12.5. The first-order chi connectivity index (χ1) is 11.1. The Bertz CT molecular complexity index is 718. The van der Waals surface area contributed by atoms with Gasteiger partial charge in [-0.15, -0.1) is 0 Å². The third kappa shape index (κ3) is 3.27. The van der Waals surface area contributed by atoms with E-state index in [4.69, 9.17) is 21.1 Å². The van der Waals surface area contributed by atoms with Crippen molar-refractivity contribution in [2.24, 2.45) is 5.92 Å². The van der Waals surface area contributed by atoms with Gasteiger partial charge in [-0.05, 0) is 17.9 Å². The Hall–Kier alpha value is -2.20. The fourth-order valence-corrected chi connectivity index (χ4v) is 2.97. The molecule has 5 heteroatoms. The van der Waals surface area contributed by atoms with Crippen LogP contribution in [-0.2, 0) is 4.79 Å². The highest BCUT2D eigenvalue weighted by Gasteiger charge is 2.44. The van der Waals surface area contributed by atoms with Crippen LogP contribution >= 0.6 is 11.6 Å². The Morgan fingerprint density at radius 1 is 1.13 bits per heavy atom. The second kappa shape index (κ2) is 6.50. The lowest BCUT2D eigenvalue weighted by Crippen LogP contribution is -2.15. The second-order valence-electron chi connectivity index (χ2n) is 5.54. The molecule has 0 aliphatic heterocycles. The van der Waals surface area contributed by atoms with Gasteiger partial charge in [0, 0.05) is 18.1 Å². The van der Waals surface area contributed by atoms with Crippen molar-refractivity contribution in [3.8, 4) is 11.5 Å². The van der Waals surface area contributed by atoms with Gasteiger partial charge in [0.1, 0.15) is 11.5 Å². The molecule has 1 aliphatic rings. The first-order valence-corrected chi connectivity index (χ1v) is 7.79. The van der Waals surface area contributed by atoms with E-state index in [0.717, 1.165) is 6.42 Å². The zero-order chi connectivity index (χ0) is 16.4. The first kappa shape index (κ1) is 15.7. The SMILES string of the molecule is COc1cc(NC(=O)[C@@H]2C[C@@H]2c2ccccc2)c(OC)cc1Cl. The molecule has 4 nitrogen and oxygen atoms in total. The molecule has 23 heavy (non-hydrogen) atoms. The van der Waals surface area contributed by atoms with E-state index in [1.165, 1.54) is 19.8 Å². The molecular formula is C18H18ClNO3. The predicted octanol–water partition coefficient (Wildman–Crippen LogP) is 4.10. The molecule has 0 saturated heterocycles. The quantitative estimate of drug-likeness (QED) is 0.897. The minimum Gasteiger partial charge on any atom is -0.495 e. The van der Waals surface area contributed by atoms with E-state index in [9.17, 15) is 4.79 Å². The smallest absolute Gasteiger partial charge is 0.228 e. The van der Waals surface area contributed by atoms with E-state index in [1.807, 2.05) is 18.2 Å². The van der Waals surface area contributed by atoms with Gasteiger partial charge in [0.25, 0.3) is 0 Å². The van der Waals surface area contributed by atoms with Crippen molar-refractivity contribution in [2.45, 2.75) is 12.3 Å². The number of hydrogen-bond acceptors (Lipinski definition) is 3. The minimum absolute atomic E-state index is 0.0104. The highest BCUT2D eigenvalue weighted by Crippen LogP contribution is 2.48. The van der Waals surface area contributed by atoms with Crippen LogP contribution in [0.4, 0.5) is 5.69 Å². The van der Waals surface area contributed by atoms with E-state index in [1.54, 1.807) is 12.1 Å². The second-order valence-corrected chi connectivity index (χ2v) is 5.94. The molecule has 0 aromatic heterocycles. The molecule has 1 fully saturated rings. The molecule has 0 spiro atoms. The lowest BCUT2D eigenvalue weighted by Gasteiger charge is -2.13. The molecule has 1 N–H and O–H groups in total. The van der Waals surface area contributed by atoms with E-state index >= 15 is 0 Å². The van der Waals surface area contributed by atoms with E-state index in [0.29, 0.717) is 22.2 Å². The van der Waals surface area contributed by atoms with Gasteiger partial charge >= 0.3 is 0 Å².